The van der Waals surface area contributed by atoms with Crippen LogP contribution in [0.15, 0.2) is 0 Å². The summed E-state index contributed by atoms with van der Waals surface area (Å²) in [5.74, 6) is -1.05. The number of carboxylic acids is 1. The van der Waals surface area contributed by atoms with Gasteiger partial charge in [-0.05, 0) is 25.7 Å². The molecule has 0 fully saturated rings. The molecule has 0 aliphatic rings. The Labute approximate surface area is 171 Å². The molecule has 0 N–H and O–H groups in total. The predicted molar refractivity (Wildman–Crippen MR) is 66.8 cm³/mol. The van der Waals surface area contributed by atoms with Gasteiger partial charge < -0.3 is 14.5 Å². The third-order valence-electron chi connectivity index (χ3n) is 2.79. The first kappa shape index (κ1) is 27.2. The van der Waals surface area contributed by atoms with Gasteiger partial charge in [0, 0.05) is 5.97 Å². The van der Waals surface area contributed by atoms with E-state index in [4.69, 9.17) is 0 Å². The molecule has 6 nitrogen and oxygen atoms in total. The van der Waals surface area contributed by atoms with E-state index in [1.54, 1.807) is 0 Å². The van der Waals surface area contributed by atoms with Gasteiger partial charge in [0.2, 0.25) is 10.4 Å². The van der Waals surface area contributed by atoms with Gasteiger partial charge in [0.1, 0.15) is 0 Å². The molecule has 0 saturated heterocycles. The zero-order chi connectivity index (χ0) is 14.7. The molecule has 0 bridgehead atoms. The molecule has 0 radical (unpaired) electrons. The fraction of sp³-hybridized carbons (Fsp3) is 0.917. The quantitative estimate of drug-likeness (QED) is 0.153. The Kier molecular flexibility index (Phi) is 21.0. The summed E-state index contributed by atoms with van der Waals surface area (Å²) in [5.41, 5.74) is 0. The van der Waals surface area contributed by atoms with Gasteiger partial charge in [-0.1, -0.05) is 39.0 Å². The molecule has 0 amide bonds. The molecule has 0 aliphatic heterocycles. The zero-order valence-electron chi connectivity index (χ0n) is 13.3. The largest absolute Gasteiger partial charge is 1.00 e. The number of rotatable bonds is 12. The SMILES string of the molecule is CCCCC(CCCCCCC(=O)[O-])OS(=O)(=O)[O-].[Na+].[Na+]. The van der Waals surface area contributed by atoms with Crippen LogP contribution in [0.3, 0.4) is 0 Å². The van der Waals surface area contributed by atoms with Crippen LogP contribution in [-0.4, -0.2) is 25.0 Å². The summed E-state index contributed by atoms with van der Waals surface area (Å²) in [4.78, 5) is 10.2. The van der Waals surface area contributed by atoms with Crippen LogP contribution >= 0.6 is 0 Å². The van der Waals surface area contributed by atoms with Crippen LogP contribution in [0, 0.1) is 0 Å². The van der Waals surface area contributed by atoms with Crippen LogP contribution < -0.4 is 64.2 Å². The van der Waals surface area contributed by atoms with Gasteiger partial charge >= 0.3 is 59.1 Å². The Balaban J connectivity index is -0.00000162. The van der Waals surface area contributed by atoms with Crippen molar-refractivity contribution < 1.29 is 86.2 Å². The van der Waals surface area contributed by atoms with E-state index in [-0.39, 0.29) is 65.5 Å². The summed E-state index contributed by atoms with van der Waals surface area (Å²) in [6.07, 6.45) is 5.09. The van der Waals surface area contributed by atoms with Crippen molar-refractivity contribution in [2.75, 3.05) is 0 Å². The second kappa shape index (κ2) is 16.2. The van der Waals surface area contributed by atoms with E-state index < -0.39 is 22.5 Å². The van der Waals surface area contributed by atoms with Gasteiger partial charge in [0.15, 0.2) is 0 Å². The maximum atomic E-state index is 10.6. The monoisotopic (exact) mass is 340 g/mol. The third kappa shape index (κ3) is 21.3. The Bertz CT molecular complexity index is 348. The summed E-state index contributed by atoms with van der Waals surface area (Å²) in [5, 5.41) is 10.2. The van der Waals surface area contributed by atoms with Crippen molar-refractivity contribution in [3.63, 3.8) is 0 Å². The fourth-order valence-corrected chi connectivity index (χ4v) is 2.36. The number of carbonyl (C=O) groups is 1. The molecule has 0 spiro atoms. The van der Waals surface area contributed by atoms with Crippen LogP contribution in [-0.2, 0) is 19.4 Å². The van der Waals surface area contributed by atoms with E-state index in [0.717, 1.165) is 32.1 Å². The van der Waals surface area contributed by atoms with Gasteiger partial charge in [-0.25, -0.2) is 8.42 Å². The molecule has 0 aromatic carbocycles. The maximum absolute atomic E-state index is 10.6. The maximum Gasteiger partial charge on any atom is 1.00 e. The molecule has 1 unspecified atom stereocenters. The fourth-order valence-electron chi connectivity index (χ4n) is 1.83. The number of hydrogen-bond donors (Lipinski definition) is 0. The predicted octanol–water partition coefficient (Wildman–Crippen LogP) is -4.88. The van der Waals surface area contributed by atoms with Crippen molar-refractivity contribution in [2.24, 2.45) is 0 Å². The zero-order valence-corrected chi connectivity index (χ0v) is 18.1. The van der Waals surface area contributed by atoms with Gasteiger partial charge in [-0.2, -0.15) is 0 Å². The number of unbranched alkanes of at least 4 members (excludes halogenated alkanes) is 4. The molecule has 0 aromatic heterocycles. The molecule has 9 heteroatoms. The molecule has 0 heterocycles. The number of aliphatic carboxylic acids is 1. The Morgan fingerprint density at radius 3 is 2.05 bits per heavy atom. The molecular formula is C12H22Na2O6S. The van der Waals surface area contributed by atoms with Crippen LogP contribution in [0.25, 0.3) is 0 Å². The van der Waals surface area contributed by atoms with Gasteiger partial charge in [-0.15, -0.1) is 0 Å². The summed E-state index contributed by atoms with van der Waals surface area (Å²) < 4.78 is 36.2. The first-order valence-corrected chi connectivity index (χ1v) is 8.02. The minimum absolute atomic E-state index is 0. The average molecular weight is 340 g/mol. The number of carbonyl (C=O) groups excluding carboxylic acids is 1. The summed E-state index contributed by atoms with van der Waals surface area (Å²) in [7, 11) is -4.65. The van der Waals surface area contributed by atoms with E-state index in [1.165, 1.54) is 0 Å². The molecule has 21 heavy (non-hydrogen) atoms. The van der Waals surface area contributed by atoms with Crippen LogP contribution in [0.4, 0.5) is 0 Å². The van der Waals surface area contributed by atoms with E-state index >= 15 is 0 Å². The van der Waals surface area contributed by atoms with Crippen molar-refractivity contribution in [1.82, 2.24) is 0 Å². The van der Waals surface area contributed by atoms with E-state index in [1.807, 2.05) is 6.92 Å². The Hall–Kier alpha value is 1.34. The number of hydrogen-bond acceptors (Lipinski definition) is 6. The van der Waals surface area contributed by atoms with Crippen molar-refractivity contribution in [3.05, 3.63) is 0 Å². The molecule has 0 aromatic rings. The molecule has 0 rings (SSSR count). The average Bonchev–Trinajstić information content (AvgIpc) is 2.28. The molecule has 0 aliphatic carbocycles. The smallest absolute Gasteiger partial charge is 0.726 e. The van der Waals surface area contributed by atoms with Crippen molar-refractivity contribution in [2.45, 2.75) is 70.8 Å². The first-order valence-electron chi connectivity index (χ1n) is 6.69. The minimum Gasteiger partial charge on any atom is -0.726 e. The van der Waals surface area contributed by atoms with Crippen molar-refractivity contribution in [3.8, 4) is 0 Å². The second-order valence-corrected chi connectivity index (χ2v) is 5.60. The molecule has 1 atom stereocenters. The normalized spacial score (nSPS) is 12.1. The Morgan fingerprint density at radius 2 is 1.57 bits per heavy atom. The van der Waals surface area contributed by atoms with Gasteiger partial charge in [-0.3, -0.25) is 4.18 Å². The molecule has 0 saturated carbocycles. The molecular weight excluding hydrogens is 318 g/mol. The van der Waals surface area contributed by atoms with Crippen LogP contribution in [0.2, 0.25) is 0 Å². The third-order valence-corrected chi connectivity index (χ3v) is 3.30. The summed E-state index contributed by atoms with van der Waals surface area (Å²) >= 11 is 0. The van der Waals surface area contributed by atoms with Gasteiger partial charge in [0.25, 0.3) is 0 Å². The Morgan fingerprint density at radius 1 is 1.05 bits per heavy atom. The number of carboxylic acid groups (broad SMARTS) is 1. The standard InChI is InChI=1S/C12H24O6S.2Na/c1-2-3-8-11(18-19(15,16)17)9-6-4-5-7-10-12(13)14;;/h11H,2-10H2,1H3,(H,13,14)(H,15,16,17);;/q;2*+1/p-2. The van der Waals surface area contributed by atoms with Crippen molar-refractivity contribution in [1.29, 1.82) is 0 Å². The summed E-state index contributed by atoms with van der Waals surface area (Å²) in [6, 6.07) is 0. The van der Waals surface area contributed by atoms with Gasteiger partial charge in [0.05, 0.1) is 6.10 Å². The molecule has 114 valence electrons. The van der Waals surface area contributed by atoms with E-state index in [0.29, 0.717) is 19.3 Å². The second-order valence-electron chi connectivity index (χ2n) is 4.59. The van der Waals surface area contributed by atoms with Crippen LogP contribution in [0.1, 0.15) is 64.7 Å². The van der Waals surface area contributed by atoms with E-state index in [9.17, 15) is 22.9 Å². The van der Waals surface area contributed by atoms with Crippen molar-refractivity contribution >= 4 is 16.4 Å². The minimum atomic E-state index is -4.65. The van der Waals surface area contributed by atoms with Crippen LogP contribution in [0.5, 0.6) is 0 Å². The summed E-state index contributed by atoms with van der Waals surface area (Å²) in [6.45, 7) is 1.97. The first-order chi connectivity index (χ1) is 8.85. The topological polar surface area (TPSA) is 107 Å². The van der Waals surface area contributed by atoms with E-state index in [2.05, 4.69) is 4.18 Å².